The number of aliphatic hydroxyl groups excluding tert-OH is 13. The Morgan fingerprint density at radius 2 is 1.04 bits per heavy atom. The molecule has 0 aromatic heterocycles. The number of ether oxygens (including phenoxy) is 7. The third kappa shape index (κ3) is 8.24. The second-order valence-corrected chi connectivity index (χ2v) is 11.9. The molecular formula is C26H45NO21. The van der Waals surface area contributed by atoms with Crippen molar-refractivity contribution >= 4 is 5.91 Å². The Morgan fingerprint density at radius 3 is 1.62 bits per heavy atom. The van der Waals surface area contributed by atoms with Gasteiger partial charge in [0, 0.05) is 6.92 Å². The zero-order valence-corrected chi connectivity index (χ0v) is 25.5. The lowest BCUT2D eigenvalue weighted by atomic mass is 9.95. The van der Waals surface area contributed by atoms with Crippen LogP contribution >= 0.6 is 0 Å². The molecule has 0 radical (unpaired) electrons. The molecule has 20 atom stereocenters. The van der Waals surface area contributed by atoms with Crippen LogP contribution < -0.4 is 5.32 Å². The molecule has 4 rings (SSSR count). The van der Waals surface area contributed by atoms with Gasteiger partial charge in [-0.3, -0.25) is 4.79 Å². The van der Waals surface area contributed by atoms with Crippen molar-refractivity contribution in [3.8, 4) is 0 Å². The number of hydrogen-bond donors (Lipinski definition) is 14. The van der Waals surface area contributed by atoms with Gasteiger partial charge >= 0.3 is 0 Å². The molecule has 14 N–H and O–H groups in total. The van der Waals surface area contributed by atoms with E-state index in [1.54, 1.807) is 0 Å². The highest BCUT2D eigenvalue weighted by molar-refractivity contribution is 5.73. The van der Waals surface area contributed by atoms with Crippen LogP contribution in [0.2, 0.25) is 0 Å². The fraction of sp³-hybridized carbons (Fsp3) is 0.962. The van der Waals surface area contributed by atoms with E-state index >= 15 is 0 Å². The van der Waals surface area contributed by atoms with Crippen molar-refractivity contribution in [3.05, 3.63) is 0 Å². The van der Waals surface area contributed by atoms with E-state index in [1.807, 2.05) is 0 Å². The second kappa shape index (κ2) is 16.8. The highest BCUT2D eigenvalue weighted by Gasteiger charge is 2.53. The first-order valence-corrected chi connectivity index (χ1v) is 15.1. The maximum Gasteiger partial charge on any atom is 0.217 e. The standard InChI is InChI=1S/C26H45NO21/c1-6(31)27-11-15(35)12(32)7(2-28)44-24(11)48-22-17(37)13(33)8(3-29)45-26(22)42-5-10-14(34)16(36)20(40)25(46-10)47-21-9(4-30)43-23(41)19(39)18(21)38/h7-26,28-30,32-41H,2-5H2,1H3,(H,27,31)/t7-,8-,9-,10-,11-,12-,13-,14-,15-,16+,17+,18-,19-,20-,21-,22+,23-,24+,25+,26+/m1/s1. The fourth-order valence-corrected chi connectivity index (χ4v) is 5.82. The van der Waals surface area contributed by atoms with Crippen LogP contribution in [0.25, 0.3) is 0 Å². The Hall–Kier alpha value is -1.33. The summed E-state index contributed by atoms with van der Waals surface area (Å²) < 4.78 is 38.6. The average Bonchev–Trinajstić information content (AvgIpc) is 3.06. The lowest BCUT2D eigenvalue weighted by Crippen LogP contribution is -2.68. The number of rotatable bonds is 11. The Labute approximate surface area is 272 Å². The second-order valence-electron chi connectivity index (χ2n) is 11.9. The molecule has 22 heteroatoms. The lowest BCUT2D eigenvalue weighted by molar-refractivity contribution is -0.372. The van der Waals surface area contributed by atoms with Gasteiger partial charge in [-0.2, -0.15) is 0 Å². The zero-order chi connectivity index (χ0) is 35.6. The summed E-state index contributed by atoms with van der Waals surface area (Å²) in [5.74, 6) is -0.691. The summed E-state index contributed by atoms with van der Waals surface area (Å²) >= 11 is 0. The van der Waals surface area contributed by atoms with Crippen LogP contribution in [0.3, 0.4) is 0 Å². The van der Waals surface area contributed by atoms with E-state index in [2.05, 4.69) is 5.32 Å². The van der Waals surface area contributed by atoms with Gasteiger partial charge in [0.1, 0.15) is 97.6 Å². The first-order chi connectivity index (χ1) is 22.6. The fourth-order valence-electron chi connectivity index (χ4n) is 5.82. The van der Waals surface area contributed by atoms with Gasteiger partial charge in [0.2, 0.25) is 5.91 Å². The van der Waals surface area contributed by atoms with Gasteiger partial charge < -0.3 is 105 Å². The van der Waals surface area contributed by atoms with Crippen molar-refractivity contribution in [2.75, 3.05) is 26.4 Å². The summed E-state index contributed by atoms with van der Waals surface area (Å²) in [6.45, 7) is -2.13. The van der Waals surface area contributed by atoms with Crippen molar-refractivity contribution in [2.24, 2.45) is 0 Å². The van der Waals surface area contributed by atoms with Crippen LogP contribution in [0, 0.1) is 0 Å². The highest BCUT2D eigenvalue weighted by atomic mass is 16.8. The van der Waals surface area contributed by atoms with E-state index in [0.29, 0.717) is 0 Å². The molecule has 0 spiro atoms. The molecule has 0 aromatic carbocycles. The monoisotopic (exact) mass is 707 g/mol. The van der Waals surface area contributed by atoms with Crippen molar-refractivity contribution < 1.29 is 104 Å². The molecule has 0 aliphatic carbocycles. The predicted octanol–water partition coefficient (Wildman–Crippen LogP) is -9.61. The van der Waals surface area contributed by atoms with Crippen LogP contribution in [0.1, 0.15) is 6.92 Å². The van der Waals surface area contributed by atoms with E-state index in [1.165, 1.54) is 0 Å². The number of carbonyl (C=O) groups is 1. The van der Waals surface area contributed by atoms with Crippen LogP contribution in [0.4, 0.5) is 0 Å². The topological polar surface area (TPSA) is 357 Å². The maximum absolute atomic E-state index is 11.8. The minimum Gasteiger partial charge on any atom is -0.394 e. The van der Waals surface area contributed by atoms with E-state index in [4.69, 9.17) is 33.2 Å². The van der Waals surface area contributed by atoms with E-state index in [0.717, 1.165) is 6.92 Å². The summed E-state index contributed by atoms with van der Waals surface area (Å²) in [7, 11) is 0. The van der Waals surface area contributed by atoms with Crippen LogP contribution in [0.15, 0.2) is 0 Å². The molecule has 4 aliphatic rings. The van der Waals surface area contributed by atoms with Crippen LogP contribution in [0.5, 0.6) is 0 Å². The lowest BCUT2D eigenvalue weighted by Gasteiger charge is -2.47. The average molecular weight is 708 g/mol. The first-order valence-electron chi connectivity index (χ1n) is 15.1. The van der Waals surface area contributed by atoms with Crippen LogP contribution in [-0.4, -0.2) is 221 Å². The number of carbonyl (C=O) groups excluding carboxylic acids is 1. The molecule has 280 valence electrons. The molecule has 4 fully saturated rings. The van der Waals surface area contributed by atoms with Gasteiger partial charge in [0.05, 0.1) is 26.4 Å². The zero-order valence-electron chi connectivity index (χ0n) is 25.5. The Kier molecular flexibility index (Phi) is 13.8. The van der Waals surface area contributed by atoms with Crippen molar-refractivity contribution in [1.29, 1.82) is 0 Å². The third-order valence-corrected chi connectivity index (χ3v) is 8.59. The number of hydrogen-bond acceptors (Lipinski definition) is 21. The van der Waals surface area contributed by atoms with Crippen molar-refractivity contribution in [1.82, 2.24) is 5.32 Å². The summed E-state index contributed by atoms with van der Waals surface area (Å²) in [5.41, 5.74) is 0. The SMILES string of the molecule is CC(=O)N[C@H]1[C@H](O[C@@H]2[C@@H](OC[C@H]3O[C@@H](O[C@H]4[C@H](O)[C@@H](O)[C@H](O)O[C@@H]4CO)[C@H](O)[C@@H](O)[C@@H]3O)O[C@H](CO)[C@@H](O)[C@@H]2O)O[C@H](CO)[C@@H](O)[C@@H]1O. The molecule has 48 heavy (non-hydrogen) atoms. The van der Waals surface area contributed by atoms with E-state index < -0.39 is 155 Å². The highest BCUT2D eigenvalue weighted by Crippen LogP contribution is 2.32. The summed E-state index contributed by atoms with van der Waals surface area (Å²) in [5, 5.41) is 135. The summed E-state index contributed by atoms with van der Waals surface area (Å²) in [6, 6.07) is -1.49. The molecule has 4 saturated heterocycles. The van der Waals surface area contributed by atoms with Gasteiger partial charge in [-0.15, -0.1) is 0 Å². The largest absolute Gasteiger partial charge is 0.394 e. The number of amides is 1. The van der Waals surface area contributed by atoms with Crippen molar-refractivity contribution in [3.63, 3.8) is 0 Å². The molecular weight excluding hydrogens is 662 g/mol. The number of nitrogens with one attached hydrogen (secondary N) is 1. The summed E-state index contributed by atoms with van der Waals surface area (Å²) in [6.07, 6.45) is -33.3. The van der Waals surface area contributed by atoms with Gasteiger partial charge in [-0.25, -0.2) is 0 Å². The van der Waals surface area contributed by atoms with Gasteiger partial charge in [-0.05, 0) is 0 Å². The van der Waals surface area contributed by atoms with Crippen LogP contribution in [-0.2, 0) is 38.0 Å². The minimum absolute atomic E-state index is 0.691. The third-order valence-electron chi connectivity index (χ3n) is 8.59. The van der Waals surface area contributed by atoms with Gasteiger partial charge in [-0.1, -0.05) is 0 Å². The molecule has 22 nitrogen and oxygen atoms in total. The Morgan fingerprint density at radius 1 is 0.542 bits per heavy atom. The van der Waals surface area contributed by atoms with E-state index in [-0.39, 0.29) is 0 Å². The van der Waals surface area contributed by atoms with Gasteiger partial charge in [0.15, 0.2) is 25.2 Å². The Bertz CT molecular complexity index is 1030. The quantitative estimate of drug-likeness (QED) is 0.0947. The van der Waals surface area contributed by atoms with E-state index in [9.17, 15) is 71.2 Å². The minimum atomic E-state index is -1.98. The van der Waals surface area contributed by atoms with Gasteiger partial charge in [0.25, 0.3) is 0 Å². The molecule has 1 amide bonds. The normalized spacial score (nSPS) is 50.2. The summed E-state index contributed by atoms with van der Waals surface area (Å²) in [4.78, 5) is 11.8. The molecule has 0 saturated carbocycles. The first kappa shape index (κ1) is 39.5. The predicted molar refractivity (Wildman–Crippen MR) is 145 cm³/mol. The number of aliphatic hydroxyl groups is 13. The molecule has 0 aromatic rings. The Balaban J connectivity index is 1.52. The molecule has 4 heterocycles. The van der Waals surface area contributed by atoms with Crippen molar-refractivity contribution in [2.45, 2.75) is 130 Å². The molecule has 4 aliphatic heterocycles. The molecule has 0 unspecified atom stereocenters. The molecule has 0 bridgehead atoms. The maximum atomic E-state index is 11.8. The smallest absolute Gasteiger partial charge is 0.217 e.